The Morgan fingerprint density at radius 2 is 2.15 bits per heavy atom. The van der Waals surface area contributed by atoms with Crippen LogP contribution in [0, 0.1) is 0 Å². The molecule has 0 spiro atoms. The predicted molar refractivity (Wildman–Crippen MR) is 78.1 cm³/mol. The number of anilines is 1. The van der Waals surface area contributed by atoms with Crippen molar-refractivity contribution in [1.29, 1.82) is 0 Å². The highest BCUT2D eigenvalue weighted by Crippen LogP contribution is 2.25. The third-order valence-corrected chi connectivity index (χ3v) is 4.29. The van der Waals surface area contributed by atoms with E-state index in [1.165, 1.54) is 11.8 Å². The molecular formula is C12H21N5O2S. The molecule has 2 rings (SSSR count). The molecule has 0 aromatic carbocycles. The van der Waals surface area contributed by atoms with Crippen LogP contribution in [-0.4, -0.2) is 59.3 Å². The summed E-state index contributed by atoms with van der Waals surface area (Å²) in [5.74, 6) is 0.857. The summed E-state index contributed by atoms with van der Waals surface area (Å²) in [5.41, 5.74) is 0. The molecule has 1 saturated heterocycles. The van der Waals surface area contributed by atoms with Gasteiger partial charge in [0, 0.05) is 26.7 Å². The summed E-state index contributed by atoms with van der Waals surface area (Å²) in [6.45, 7) is 7.79. The lowest BCUT2D eigenvalue weighted by atomic mass is 10.4. The molecule has 0 saturated carbocycles. The number of carbonyl (C=O) groups excluding carboxylic acids is 1. The molecule has 0 aliphatic carbocycles. The third kappa shape index (κ3) is 3.24. The monoisotopic (exact) mass is 299 g/mol. The lowest BCUT2D eigenvalue weighted by molar-refractivity contribution is -0.119. The van der Waals surface area contributed by atoms with E-state index < -0.39 is 0 Å². The molecule has 1 atom stereocenters. The van der Waals surface area contributed by atoms with Crippen molar-refractivity contribution < 1.29 is 9.53 Å². The van der Waals surface area contributed by atoms with E-state index in [2.05, 4.69) is 31.9 Å². The molecule has 20 heavy (non-hydrogen) atoms. The first-order valence-corrected chi connectivity index (χ1v) is 7.69. The Labute approximate surface area is 123 Å². The highest BCUT2D eigenvalue weighted by atomic mass is 32.2. The third-order valence-electron chi connectivity index (χ3n) is 3.21. The lowest BCUT2D eigenvalue weighted by Gasteiger charge is -2.27. The van der Waals surface area contributed by atoms with E-state index in [4.69, 9.17) is 4.74 Å². The minimum Gasteiger partial charge on any atom is -0.378 e. The number of carbonyl (C=O) groups is 1. The summed E-state index contributed by atoms with van der Waals surface area (Å²) in [6, 6.07) is 0. The van der Waals surface area contributed by atoms with Gasteiger partial charge in [-0.2, -0.15) is 0 Å². The summed E-state index contributed by atoms with van der Waals surface area (Å²) in [4.78, 5) is 13.8. The van der Waals surface area contributed by atoms with E-state index >= 15 is 0 Å². The number of hydrogen-bond acceptors (Lipinski definition) is 6. The molecule has 1 aliphatic rings. The van der Waals surface area contributed by atoms with E-state index in [0.29, 0.717) is 13.2 Å². The first-order chi connectivity index (χ1) is 9.67. The number of rotatable bonds is 5. The van der Waals surface area contributed by atoms with Crippen LogP contribution in [0.1, 0.15) is 13.8 Å². The van der Waals surface area contributed by atoms with Gasteiger partial charge in [-0.05, 0) is 13.8 Å². The van der Waals surface area contributed by atoms with Gasteiger partial charge in [0.1, 0.15) is 0 Å². The van der Waals surface area contributed by atoms with Gasteiger partial charge in [-0.25, -0.2) is 0 Å². The standard InChI is InChI=1S/C12H21N5O2S/c1-4-17-11(16-5-7-19-8-6-16)14-15-12(17)20-9(2)10(18)13-3/h9H,4-8H2,1-3H3,(H,13,18)/t9-/m0/s1. The summed E-state index contributed by atoms with van der Waals surface area (Å²) in [7, 11) is 1.64. The maximum Gasteiger partial charge on any atom is 0.233 e. The van der Waals surface area contributed by atoms with Crippen LogP contribution in [0.3, 0.4) is 0 Å². The molecule has 8 heteroatoms. The molecule has 0 radical (unpaired) electrons. The average molecular weight is 299 g/mol. The van der Waals surface area contributed by atoms with Gasteiger partial charge in [0.15, 0.2) is 5.16 Å². The van der Waals surface area contributed by atoms with Gasteiger partial charge in [0.2, 0.25) is 11.9 Å². The highest BCUT2D eigenvalue weighted by Gasteiger charge is 2.22. The fraction of sp³-hybridized carbons (Fsp3) is 0.750. The number of morpholine rings is 1. The SMILES string of the molecule is CCn1c(S[C@@H](C)C(=O)NC)nnc1N1CCOCC1. The van der Waals surface area contributed by atoms with Crippen molar-refractivity contribution in [3.63, 3.8) is 0 Å². The Kier molecular flexibility index (Phi) is 5.24. The molecule has 1 aromatic heterocycles. The second-order valence-corrected chi connectivity index (χ2v) is 5.81. The van der Waals surface area contributed by atoms with Crippen molar-refractivity contribution in [3.05, 3.63) is 0 Å². The summed E-state index contributed by atoms with van der Waals surface area (Å²) < 4.78 is 7.41. The zero-order chi connectivity index (χ0) is 14.5. The Balaban J connectivity index is 2.14. The van der Waals surface area contributed by atoms with E-state index in [-0.39, 0.29) is 11.2 Å². The number of thioether (sulfide) groups is 1. The molecule has 1 amide bonds. The number of nitrogens with zero attached hydrogens (tertiary/aromatic N) is 4. The van der Waals surface area contributed by atoms with Crippen molar-refractivity contribution in [2.45, 2.75) is 30.8 Å². The fourth-order valence-electron chi connectivity index (χ4n) is 2.06. The zero-order valence-electron chi connectivity index (χ0n) is 12.1. The van der Waals surface area contributed by atoms with Crippen LogP contribution in [0.25, 0.3) is 0 Å². The molecule has 1 aromatic rings. The van der Waals surface area contributed by atoms with Gasteiger partial charge in [0.05, 0.1) is 18.5 Å². The highest BCUT2D eigenvalue weighted by molar-refractivity contribution is 8.00. The summed E-state index contributed by atoms with van der Waals surface area (Å²) in [5, 5.41) is 11.8. The quantitative estimate of drug-likeness (QED) is 0.792. The van der Waals surface area contributed by atoms with Crippen molar-refractivity contribution >= 4 is 23.6 Å². The number of ether oxygens (including phenoxy) is 1. The second kappa shape index (κ2) is 6.94. The van der Waals surface area contributed by atoms with E-state index in [1.54, 1.807) is 7.05 Å². The van der Waals surface area contributed by atoms with Crippen LogP contribution in [0.5, 0.6) is 0 Å². The summed E-state index contributed by atoms with van der Waals surface area (Å²) >= 11 is 1.43. The minimum atomic E-state index is -0.188. The van der Waals surface area contributed by atoms with E-state index in [9.17, 15) is 4.79 Å². The van der Waals surface area contributed by atoms with Gasteiger partial charge in [-0.3, -0.25) is 9.36 Å². The Hall–Kier alpha value is -1.28. The van der Waals surface area contributed by atoms with Crippen LogP contribution < -0.4 is 10.2 Å². The summed E-state index contributed by atoms with van der Waals surface area (Å²) in [6.07, 6.45) is 0. The smallest absolute Gasteiger partial charge is 0.233 e. The van der Waals surface area contributed by atoms with Gasteiger partial charge >= 0.3 is 0 Å². The average Bonchev–Trinajstić information content (AvgIpc) is 2.89. The topological polar surface area (TPSA) is 72.3 Å². The molecule has 2 heterocycles. The minimum absolute atomic E-state index is 0.00595. The fourth-order valence-corrected chi connectivity index (χ4v) is 3.02. The maximum atomic E-state index is 11.6. The first-order valence-electron chi connectivity index (χ1n) is 6.81. The number of amides is 1. The molecular weight excluding hydrogens is 278 g/mol. The normalized spacial score (nSPS) is 17.1. The van der Waals surface area contributed by atoms with Gasteiger partial charge < -0.3 is 15.0 Å². The Morgan fingerprint density at radius 3 is 2.75 bits per heavy atom. The zero-order valence-corrected chi connectivity index (χ0v) is 12.9. The molecule has 7 nitrogen and oxygen atoms in total. The molecule has 0 bridgehead atoms. The predicted octanol–water partition coefficient (Wildman–Crippen LogP) is 0.361. The van der Waals surface area contributed by atoms with Crippen LogP contribution >= 0.6 is 11.8 Å². The van der Waals surface area contributed by atoms with E-state index in [1.807, 2.05) is 6.92 Å². The van der Waals surface area contributed by atoms with Gasteiger partial charge in [0.25, 0.3) is 0 Å². The number of aromatic nitrogens is 3. The van der Waals surface area contributed by atoms with Crippen LogP contribution in [-0.2, 0) is 16.1 Å². The largest absolute Gasteiger partial charge is 0.378 e. The van der Waals surface area contributed by atoms with Gasteiger partial charge in [-0.1, -0.05) is 11.8 Å². The lowest BCUT2D eigenvalue weighted by Crippen LogP contribution is -2.38. The first kappa shape index (κ1) is 15.1. The van der Waals surface area contributed by atoms with Crippen LogP contribution in [0.2, 0.25) is 0 Å². The molecule has 1 aliphatic heterocycles. The molecule has 1 fully saturated rings. The van der Waals surface area contributed by atoms with Crippen molar-refractivity contribution in [2.24, 2.45) is 0 Å². The maximum absolute atomic E-state index is 11.6. The molecule has 0 unspecified atom stereocenters. The number of hydrogen-bond donors (Lipinski definition) is 1. The van der Waals surface area contributed by atoms with Gasteiger partial charge in [-0.15, -0.1) is 10.2 Å². The number of nitrogens with one attached hydrogen (secondary N) is 1. The van der Waals surface area contributed by atoms with Crippen LogP contribution in [0.4, 0.5) is 5.95 Å². The Bertz CT molecular complexity index is 459. The molecule has 1 N–H and O–H groups in total. The van der Waals surface area contributed by atoms with Crippen molar-refractivity contribution in [2.75, 3.05) is 38.3 Å². The van der Waals surface area contributed by atoms with E-state index in [0.717, 1.165) is 30.7 Å². The van der Waals surface area contributed by atoms with Crippen molar-refractivity contribution in [1.82, 2.24) is 20.1 Å². The Morgan fingerprint density at radius 1 is 1.45 bits per heavy atom. The molecule has 112 valence electrons. The van der Waals surface area contributed by atoms with Crippen LogP contribution in [0.15, 0.2) is 5.16 Å². The second-order valence-electron chi connectivity index (χ2n) is 4.50. The van der Waals surface area contributed by atoms with Crippen molar-refractivity contribution in [3.8, 4) is 0 Å².